The summed E-state index contributed by atoms with van der Waals surface area (Å²) >= 11 is 1.96. The van der Waals surface area contributed by atoms with Crippen molar-refractivity contribution in [3.05, 3.63) is 26.6 Å². The first-order chi connectivity index (χ1) is 6.06. The molecule has 0 radical (unpaired) electrons. The summed E-state index contributed by atoms with van der Waals surface area (Å²) in [6, 6.07) is 1.44. The number of nitrogens with zero attached hydrogens (tertiary/aromatic N) is 1. The smallest absolute Gasteiger partial charge is 0.265 e. The molecule has 5 heteroatoms. The summed E-state index contributed by atoms with van der Waals surface area (Å²) in [6.07, 6.45) is -2.46. The zero-order valence-electron chi connectivity index (χ0n) is 7.02. The molecule has 0 unspecified atom stereocenters. The quantitative estimate of drug-likeness (QED) is 0.852. The summed E-state index contributed by atoms with van der Waals surface area (Å²) in [4.78, 5) is 4.00. The molecule has 1 aromatic heterocycles. The van der Waals surface area contributed by atoms with Crippen molar-refractivity contribution in [2.24, 2.45) is 5.73 Å². The van der Waals surface area contributed by atoms with Crippen molar-refractivity contribution in [2.75, 3.05) is 0 Å². The molecule has 1 rings (SSSR count). The lowest BCUT2D eigenvalue weighted by Crippen LogP contribution is -2.06. The summed E-state index contributed by atoms with van der Waals surface area (Å²) < 4.78 is 25.4. The minimum absolute atomic E-state index is 0.0124. The van der Waals surface area contributed by atoms with Crippen LogP contribution in [0.1, 0.15) is 23.4 Å². The first kappa shape index (κ1) is 10.8. The van der Waals surface area contributed by atoms with E-state index in [4.69, 9.17) is 5.73 Å². The maximum Gasteiger partial charge on any atom is 0.265 e. The second-order valence-corrected chi connectivity index (χ2v) is 3.76. The van der Waals surface area contributed by atoms with E-state index in [1.54, 1.807) is 6.92 Å². The van der Waals surface area contributed by atoms with Crippen molar-refractivity contribution in [1.82, 2.24) is 4.98 Å². The van der Waals surface area contributed by atoms with Gasteiger partial charge >= 0.3 is 0 Å². The van der Waals surface area contributed by atoms with Crippen LogP contribution < -0.4 is 5.73 Å². The van der Waals surface area contributed by atoms with E-state index in [9.17, 15) is 8.78 Å². The number of hydrogen-bond acceptors (Lipinski definition) is 2. The van der Waals surface area contributed by atoms with Crippen LogP contribution in [0.2, 0.25) is 0 Å². The van der Waals surface area contributed by atoms with Crippen molar-refractivity contribution < 1.29 is 8.78 Å². The van der Waals surface area contributed by atoms with Crippen LogP contribution in [-0.4, -0.2) is 4.98 Å². The van der Waals surface area contributed by atoms with E-state index in [-0.39, 0.29) is 12.1 Å². The first-order valence-electron chi connectivity index (χ1n) is 3.70. The maximum absolute atomic E-state index is 12.4. The van der Waals surface area contributed by atoms with Crippen LogP contribution in [0.25, 0.3) is 0 Å². The Bertz CT molecular complexity index is 315. The van der Waals surface area contributed by atoms with Crippen LogP contribution in [0.15, 0.2) is 6.07 Å². The van der Waals surface area contributed by atoms with Gasteiger partial charge in [-0.15, -0.1) is 0 Å². The standard InChI is InChI=1S/C8H9F2IN2/c1-4-5(8(9)10)2-6(11)7(3-12)13-4/h2,8H,3,12H2,1H3. The average Bonchev–Trinajstić information content (AvgIpc) is 2.07. The zero-order valence-corrected chi connectivity index (χ0v) is 9.18. The molecule has 2 N–H and O–H groups in total. The lowest BCUT2D eigenvalue weighted by atomic mass is 10.2. The monoisotopic (exact) mass is 298 g/mol. The van der Waals surface area contributed by atoms with Gasteiger partial charge in [0.05, 0.1) is 5.69 Å². The van der Waals surface area contributed by atoms with Gasteiger partial charge in [0.25, 0.3) is 6.43 Å². The highest BCUT2D eigenvalue weighted by Gasteiger charge is 2.13. The number of halogens is 3. The Hall–Kier alpha value is -0.300. The van der Waals surface area contributed by atoms with E-state index >= 15 is 0 Å². The molecule has 0 spiro atoms. The molecule has 13 heavy (non-hydrogen) atoms. The Morgan fingerprint density at radius 3 is 2.69 bits per heavy atom. The largest absolute Gasteiger partial charge is 0.325 e. The molecule has 0 saturated carbocycles. The molecular weight excluding hydrogens is 289 g/mol. The van der Waals surface area contributed by atoms with Gasteiger partial charge in [0.1, 0.15) is 0 Å². The highest BCUT2D eigenvalue weighted by molar-refractivity contribution is 14.1. The summed E-state index contributed by atoms with van der Waals surface area (Å²) in [5, 5.41) is 0. The van der Waals surface area contributed by atoms with Crippen LogP contribution in [-0.2, 0) is 6.54 Å². The number of aryl methyl sites for hydroxylation is 1. The summed E-state index contributed by atoms with van der Waals surface area (Å²) in [6.45, 7) is 1.85. The Balaban J connectivity index is 3.20. The van der Waals surface area contributed by atoms with Gasteiger partial charge in [0, 0.05) is 21.4 Å². The van der Waals surface area contributed by atoms with Crippen molar-refractivity contribution in [2.45, 2.75) is 19.9 Å². The molecule has 0 atom stereocenters. The predicted molar refractivity (Wildman–Crippen MR) is 54.5 cm³/mol. The van der Waals surface area contributed by atoms with E-state index in [1.165, 1.54) is 6.07 Å². The lowest BCUT2D eigenvalue weighted by Gasteiger charge is -2.07. The second kappa shape index (κ2) is 4.28. The van der Waals surface area contributed by atoms with Crippen LogP contribution in [0.5, 0.6) is 0 Å². The molecule has 0 saturated heterocycles. The summed E-state index contributed by atoms with van der Waals surface area (Å²) in [5.41, 5.74) is 6.40. The van der Waals surface area contributed by atoms with Crippen molar-refractivity contribution in [3.63, 3.8) is 0 Å². The third kappa shape index (κ3) is 2.34. The van der Waals surface area contributed by atoms with E-state index in [0.29, 0.717) is 15.0 Å². The van der Waals surface area contributed by atoms with Gasteiger partial charge in [-0.25, -0.2) is 8.78 Å². The second-order valence-electron chi connectivity index (χ2n) is 2.60. The molecular formula is C8H9F2IN2. The zero-order chi connectivity index (χ0) is 10.0. The van der Waals surface area contributed by atoms with E-state index in [0.717, 1.165) is 0 Å². The number of rotatable bonds is 2. The molecule has 1 aromatic rings. The number of alkyl halides is 2. The topological polar surface area (TPSA) is 38.9 Å². The fourth-order valence-corrected chi connectivity index (χ4v) is 1.69. The van der Waals surface area contributed by atoms with E-state index < -0.39 is 6.43 Å². The molecule has 2 nitrogen and oxygen atoms in total. The number of pyridine rings is 1. The van der Waals surface area contributed by atoms with Gasteiger partial charge < -0.3 is 5.73 Å². The van der Waals surface area contributed by atoms with Gasteiger partial charge in [-0.05, 0) is 35.6 Å². The summed E-state index contributed by atoms with van der Waals surface area (Å²) in [7, 11) is 0. The van der Waals surface area contributed by atoms with Gasteiger partial charge in [-0.1, -0.05) is 0 Å². The average molecular weight is 298 g/mol. The third-order valence-electron chi connectivity index (χ3n) is 1.71. The molecule has 0 aliphatic rings. The minimum atomic E-state index is -2.46. The Morgan fingerprint density at radius 2 is 2.23 bits per heavy atom. The third-order valence-corrected chi connectivity index (χ3v) is 2.64. The highest BCUT2D eigenvalue weighted by atomic mass is 127. The van der Waals surface area contributed by atoms with Gasteiger partial charge in [-0.2, -0.15) is 0 Å². The predicted octanol–water partition coefficient (Wildman–Crippen LogP) is 2.39. The van der Waals surface area contributed by atoms with Crippen LogP contribution in [0.4, 0.5) is 8.78 Å². The van der Waals surface area contributed by atoms with Crippen LogP contribution in [0, 0.1) is 10.5 Å². The molecule has 0 fully saturated rings. The lowest BCUT2D eigenvalue weighted by molar-refractivity contribution is 0.150. The Kier molecular flexibility index (Phi) is 3.55. The fraction of sp³-hybridized carbons (Fsp3) is 0.375. The van der Waals surface area contributed by atoms with Crippen LogP contribution in [0.3, 0.4) is 0 Å². The molecule has 0 aliphatic heterocycles. The van der Waals surface area contributed by atoms with Crippen molar-refractivity contribution in [3.8, 4) is 0 Å². The highest BCUT2D eigenvalue weighted by Crippen LogP contribution is 2.24. The number of aromatic nitrogens is 1. The minimum Gasteiger partial charge on any atom is -0.325 e. The van der Waals surface area contributed by atoms with Crippen molar-refractivity contribution >= 4 is 22.6 Å². The van der Waals surface area contributed by atoms with E-state index in [1.807, 2.05) is 22.6 Å². The normalized spacial score (nSPS) is 10.9. The Morgan fingerprint density at radius 1 is 1.62 bits per heavy atom. The van der Waals surface area contributed by atoms with E-state index in [2.05, 4.69) is 4.98 Å². The molecule has 0 bridgehead atoms. The number of hydrogen-bond donors (Lipinski definition) is 1. The molecule has 0 aliphatic carbocycles. The molecule has 0 aromatic carbocycles. The first-order valence-corrected chi connectivity index (χ1v) is 4.78. The molecule has 0 amide bonds. The van der Waals surface area contributed by atoms with Gasteiger partial charge in [0.2, 0.25) is 0 Å². The van der Waals surface area contributed by atoms with Gasteiger partial charge in [-0.3, -0.25) is 4.98 Å². The SMILES string of the molecule is Cc1nc(CN)c(I)cc1C(F)F. The Labute approximate surface area is 88.7 Å². The van der Waals surface area contributed by atoms with Gasteiger partial charge in [0.15, 0.2) is 0 Å². The van der Waals surface area contributed by atoms with Crippen LogP contribution >= 0.6 is 22.6 Å². The van der Waals surface area contributed by atoms with Crippen molar-refractivity contribution in [1.29, 1.82) is 0 Å². The molecule has 72 valence electrons. The molecule has 1 heterocycles. The maximum atomic E-state index is 12.4. The summed E-state index contributed by atoms with van der Waals surface area (Å²) in [5.74, 6) is 0. The number of nitrogens with two attached hydrogens (primary N) is 1. The fourth-order valence-electron chi connectivity index (χ4n) is 1.01.